The molecule has 1 aliphatic heterocycles. The van der Waals surface area contributed by atoms with E-state index in [2.05, 4.69) is 15.3 Å². The second-order valence-corrected chi connectivity index (χ2v) is 8.28. The van der Waals surface area contributed by atoms with Crippen molar-refractivity contribution in [2.24, 2.45) is 0 Å². The number of alkyl halides is 3. The van der Waals surface area contributed by atoms with Crippen LogP contribution in [0.2, 0.25) is 10.0 Å². The molecule has 162 valence electrons. The summed E-state index contributed by atoms with van der Waals surface area (Å²) in [6.45, 7) is 1.37. The summed E-state index contributed by atoms with van der Waals surface area (Å²) >= 11 is 12.6. The van der Waals surface area contributed by atoms with Gasteiger partial charge in [0.1, 0.15) is 0 Å². The van der Waals surface area contributed by atoms with Crippen molar-refractivity contribution in [3.05, 3.63) is 80.6 Å². The van der Waals surface area contributed by atoms with Gasteiger partial charge in [-0.2, -0.15) is 18.3 Å². The van der Waals surface area contributed by atoms with Crippen molar-refractivity contribution < 1.29 is 18.0 Å². The van der Waals surface area contributed by atoms with Crippen LogP contribution in [0.3, 0.4) is 0 Å². The molecule has 10 heteroatoms. The number of hydrogen-bond acceptors (Lipinski definition) is 3. The average Bonchev–Trinajstić information content (AvgIpc) is 3.19. The minimum Gasteiger partial charge on any atom is -0.322 e. The predicted octanol–water partition coefficient (Wildman–Crippen LogP) is 5.56. The lowest BCUT2D eigenvalue weighted by Gasteiger charge is -2.33. The van der Waals surface area contributed by atoms with E-state index >= 15 is 0 Å². The quantitative estimate of drug-likeness (QED) is 0.528. The zero-order valence-corrected chi connectivity index (χ0v) is 17.7. The SMILES string of the molecule is CN1Cc2c(Cl)cc(Cl)cc2C(c2cccc(NC(=O)c3cn[nH]c3C(F)(F)F)c2)C1. The molecule has 5 nitrogen and oxygen atoms in total. The van der Waals surface area contributed by atoms with E-state index < -0.39 is 23.3 Å². The van der Waals surface area contributed by atoms with Gasteiger partial charge in [-0.25, -0.2) is 0 Å². The highest BCUT2D eigenvalue weighted by molar-refractivity contribution is 6.35. The lowest BCUT2D eigenvalue weighted by molar-refractivity contribution is -0.141. The average molecular weight is 469 g/mol. The molecule has 1 amide bonds. The second kappa shape index (κ2) is 8.18. The first kappa shape index (κ1) is 21.7. The topological polar surface area (TPSA) is 61.0 Å². The van der Waals surface area contributed by atoms with Crippen molar-refractivity contribution in [2.75, 3.05) is 18.9 Å². The zero-order chi connectivity index (χ0) is 22.3. The van der Waals surface area contributed by atoms with Crippen LogP contribution in [0.15, 0.2) is 42.6 Å². The van der Waals surface area contributed by atoms with Gasteiger partial charge in [-0.15, -0.1) is 0 Å². The van der Waals surface area contributed by atoms with Gasteiger partial charge in [-0.05, 0) is 48.0 Å². The van der Waals surface area contributed by atoms with Crippen molar-refractivity contribution in [2.45, 2.75) is 18.6 Å². The Kier molecular flexibility index (Phi) is 5.72. The number of nitrogens with one attached hydrogen (secondary N) is 2. The molecular formula is C21H17Cl2F3N4O. The summed E-state index contributed by atoms with van der Waals surface area (Å²) in [6, 6.07) is 10.6. The zero-order valence-electron chi connectivity index (χ0n) is 16.2. The Morgan fingerprint density at radius 3 is 2.77 bits per heavy atom. The van der Waals surface area contributed by atoms with Crippen LogP contribution < -0.4 is 5.32 Å². The van der Waals surface area contributed by atoms with Crippen LogP contribution in [-0.4, -0.2) is 34.6 Å². The molecule has 0 bridgehead atoms. The molecule has 2 aromatic carbocycles. The van der Waals surface area contributed by atoms with Gasteiger partial charge in [-0.1, -0.05) is 35.3 Å². The Hall–Kier alpha value is -2.55. The molecule has 31 heavy (non-hydrogen) atoms. The smallest absolute Gasteiger partial charge is 0.322 e. The Bertz CT molecular complexity index is 1150. The highest BCUT2D eigenvalue weighted by Crippen LogP contribution is 2.39. The molecule has 1 aliphatic rings. The largest absolute Gasteiger partial charge is 0.433 e. The number of amides is 1. The summed E-state index contributed by atoms with van der Waals surface area (Å²) in [5.74, 6) is -0.966. The third-order valence-electron chi connectivity index (χ3n) is 5.21. The molecule has 0 spiro atoms. The Morgan fingerprint density at radius 2 is 2.03 bits per heavy atom. The molecule has 1 aromatic heterocycles. The maximum absolute atomic E-state index is 13.1. The molecule has 0 saturated heterocycles. The number of aromatic amines is 1. The van der Waals surface area contributed by atoms with Crippen LogP contribution in [0.4, 0.5) is 18.9 Å². The van der Waals surface area contributed by atoms with Gasteiger partial charge in [0.25, 0.3) is 5.91 Å². The maximum atomic E-state index is 13.1. The number of aromatic nitrogens is 2. The first-order valence-corrected chi connectivity index (χ1v) is 10.1. The summed E-state index contributed by atoms with van der Waals surface area (Å²) in [6.07, 6.45) is -3.85. The number of benzene rings is 2. The van der Waals surface area contributed by atoms with E-state index in [4.69, 9.17) is 23.2 Å². The molecule has 0 fully saturated rings. The van der Waals surface area contributed by atoms with E-state index in [1.54, 1.807) is 24.3 Å². The van der Waals surface area contributed by atoms with Crippen LogP contribution in [0.1, 0.15) is 38.7 Å². The van der Waals surface area contributed by atoms with Gasteiger partial charge in [-0.3, -0.25) is 9.89 Å². The van der Waals surface area contributed by atoms with Gasteiger partial charge in [0.05, 0.1) is 11.8 Å². The number of carbonyl (C=O) groups is 1. The molecule has 2 heterocycles. The number of rotatable bonds is 3. The van der Waals surface area contributed by atoms with Gasteiger partial charge < -0.3 is 10.2 Å². The fourth-order valence-electron chi connectivity index (χ4n) is 3.84. The van der Waals surface area contributed by atoms with Crippen molar-refractivity contribution in [3.8, 4) is 0 Å². The minimum absolute atomic E-state index is 0.0681. The monoisotopic (exact) mass is 468 g/mol. The highest BCUT2D eigenvalue weighted by atomic mass is 35.5. The first-order chi connectivity index (χ1) is 14.6. The standard InChI is InChI=1S/C21H17Cl2F3N4O/c1-30-9-16(14-6-12(22)7-18(23)17(14)10-30)11-3-2-4-13(5-11)28-20(31)15-8-27-29-19(15)21(24,25)26/h2-8,16H,9-10H2,1H3,(H,27,29)(H,28,31). The predicted molar refractivity (Wildman–Crippen MR) is 113 cm³/mol. The van der Waals surface area contributed by atoms with Crippen LogP contribution >= 0.6 is 23.2 Å². The van der Waals surface area contributed by atoms with Gasteiger partial charge in [0.15, 0.2) is 5.69 Å². The summed E-state index contributed by atoms with van der Waals surface area (Å²) in [5.41, 5.74) is 1.47. The van der Waals surface area contributed by atoms with Gasteiger partial charge in [0, 0.05) is 34.7 Å². The summed E-state index contributed by atoms with van der Waals surface area (Å²) in [5, 5.41) is 8.84. The molecule has 3 aromatic rings. The van der Waals surface area contributed by atoms with Crippen molar-refractivity contribution in [1.82, 2.24) is 15.1 Å². The maximum Gasteiger partial charge on any atom is 0.433 e. The molecule has 4 rings (SSSR count). The van der Waals surface area contributed by atoms with Crippen LogP contribution in [0, 0.1) is 0 Å². The van der Waals surface area contributed by atoms with Crippen LogP contribution in [0.5, 0.6) is 0 Å². The van der Waals surface area contributed by atoms with Crippen molar-refractivity contribution >= 4 is 34.8 Å². The Morgan fingerprint density at radius 1 is 1.26 bits per heavy atom. The van der Waals surface area contributed by atoms with Crippen LogP contribution in [0.25, 0.3) is 0 Å². The number of anilines is 1. The highest BCUT2D eigenvalue weighted by Gasteiger charge is 2.37. The summed E-state index contributed by atoms with van der Waals surface area (Å²) in [4.78, 5) is 14.6. The lowest BCUT2D eigenvalue weighted by Crippen LogP contribution is -2.31. The number of halogens is 5. The van der Waals surface area contributed by atoms with E-state index in [1.807, 2.05) is 24.3 Å². The summed E-state index contributed by atoms with van der Waals surface area (Å²) < 4.78 is 39.2. The second-order valence-electron chi connectivity index (χ2n) is 7.44. The number of fused-ring (bicyclic) bond motifs is 1. The number of nitrogens with zero attached hydrogens (tertiary/aromatic N) is 2. The number of H-pyrrole nitrogens is 1. The number of likely N-dealkylation sites (N-methyl/N-ethyl adjacent to an activating group) is 1. The Labute approximate surface area is 186 Å². The number of hydrogen-bond donors (Lipinski definition) is 2. The molecule has 1 atom stereocenters. The Balaban J connectivity index is 1.65. The van der Waals surface area contributed by atoms with Crippen molar-refractivity contribution in [1.29, 1.82) is 0 Å². The number of carbonyl (C=O) groups excluding carboxylic acids is 1. The molecule has 0 aliphatic carbocycles. The van der Waals surface area contributed by atoms with Crippen molar-refractivity contribution in [3.63, 3.8) is 0 Å². The third-order valence-corrected chi connectivity index (χ3v) is 5.76. The van der Waals surface area contributed by atoms with E-state index in [0.717, 1.165) is 22.9 Å². The van der Waals surface area contributed by atoms with E-state index in [-0.39, 0.29) is 5.92 Å². The normalized spacial score (nSPS) is 16.8. The third kappa shape index (κ3) is 4.42. The lowest BCUT2D eigenvalue weighted by atomic mass is 9.84. The molecule has 0 saturated carbocycles. The van der Waals surface area contributed by atoms with Gasteiger partial charge >= 0.3 is 6.18 Å². The molecular weight excluding hydrogens is 452 g/mol. The van der Waals surface area contributed by atoms with Crippen LogP contribution in [-0.2, 0) is 12.7 Å². The summed E-state index contributed by atoms with van der Waals surface area (Å²) in [7, 11) is 1.98. The van der Waals surface area contributed by atoms with E-state index in [1.165, 1.54) is 0 Å². The van der Waals surface area contributed by atoms with E-state index in [9.17, 15) is 18.0 Å². The van der Waals surface area contributed by atoms with E-state index in [0.29, 0.717) is 28.8 Å². The molecule has 0 radical (unpaired) electrons. The fraction of sp³-hybridized carbons (Fsp3) is 0.238. The van der Waals surface area contributed by atoms with Gasteiger partial charge in [0.2, 0.25) is 0 Å². The molecule has 2 N–H and O–H groups in total. The fourth-order valence-corrected chi connectivity index (χ4v) is 4.41. The molecule has 1 unspecified atom stereocenters. The first-order valence-electron chi connectivity index (χ1n) is 9.31. The minimum atomic E-state index is -4.71.